The van der Waals surface area contributed by atoms with Gasteiger partial charge in [0.15, 0.2) is 0 Å². The van der Waals surface area contributed by atoms with Gasteiger partial charge >= 0.3 is 0 Å². The lowest BCUT2D eigenvalue weighted by Gasteiger charge is -2.05. The molecule has 0 saturated heterocycles. The first-order valence-electron chi connectivity index (χ1n) is 3.61. The molecule has 4 heteroatoms. The zero-order valence-corrected chi connectivity index (χ0v) is 8.88. The zero-order valence-electron chi connectivity index (χ0n) is 7.30. The third-order valence-corrected chi connectivity index (χ3v) is 2.27. The van der Waals surface area contributed by atoms with E-state index in [9.17, 15) is 4.79 Å². The van der Waals surface area contributed by atoms with Crippen LogP contribution in [0, 0.1) is 6.92 Å². The molecule has 1 aromatic carbocycles. The Hall–Kier alpha value is -1.12. The Morgan fingerprint density at radius 2 is 2.23 bits per heavy atom. The van der Waals surface area contributed by atoms with Crippen molar-refractivity contribution in [3.05, 3.63) is 22.2 Å². The van der Waals surface area contributed by atoms with Crippen LogP contribution in [-0.2, 0) is 4.79 Å². The Balaban J connectivity index is 3.29. The second-order valence-corrected chi connectivity index (χ2v) is 3.33. The van der Waals surface area contributed by atoms with E-state index in [1.165, 1.54) is 6.08 Å². The lowest BCUT2D eigenvalue weighted by atomic mass is 10.2. The number of aryl methyl sites for hydroxylation is 1. The van der Waals surface area contributed by atoms with E-state index in [0.717, 1.165) is 10.0 Å². The van der Waals surface area contributed by atoms with Crippen LogP contribution in [0.5, 0.6) is 5.75 Å². The van der Waals surface area contributed by atoms with Crippen LogP contribution >= 0.6 is 15.9 Å². The monoisotopic (exact) mass is 241 g/mol. The molecule has 0 unspecified atom stereocenters. The van der Waals surface area contributed by atoms with Crippen molar-refractivity contribution >= 4 is 27.7 Å². The topological polar surface area (TPSA) is 38.7 Å². The van der Waals surface area contributed by atoms with Gasteiger partial charge in [0.25, 0.3) is 0 Å². The number of rotatable bonds is 2. The minimum absolute atomic E-state index is 0.525. The molecular formula is C9H8BrNO2. The molecule has 0 N–H and O–H groups in total. The summed E-state index contributed by atoms with van der Waals surface area (Å²) in [4.78, 5) is 13.6. The lowest BCUT2D eigenvalue weighted by molar-refractivity contribution is 0.412. The van der Waals surface area contributed by atoms with Gasteiger partial charge in [-0.2, -0.15) is 4.99 Å². The summed E-state index contributed by atoms with van der Waals surface area (Å²) in [6.45, 7) is 1.91. The highest BCUT2D eigenvalue weighted by atomic mass is 79.9. The highest BCUT2D eigenvalue weighted by molar-refractivity contribution is 9.10. The largest absolute Gasteiger partial charge is 0.496 e. The normalized spacial score (nSPS) is 9.15. The maximum absolute atomic E-state index is 10.1. The second-order valence-electron chi connectivity index (χ2n) is 2.48. The first-order chi connectivity index (χ1) is 6.19. The van der Waals surface area contributed by atoms with Gasteiger partial charge in [-0.25, -0.2) is 4.79 Å². The molecule has 0 aliphatic carbocycles. The molecule has 3 nitrogen and oxygen atoms in total. The van der Waals surface area contributed by atoms with Gasteiger partial charge < -0.3 is 4.74 Å². The molecule has 0 bridgehead atoms. The number of carbonyl (C=O) groups excluding carboxylic acids is 1. The second kappa shape index (κ2) is 4.21. The molecule has 68 valence electrons. The fourth-order valence-electron chi connectivity index (χ4n) is 0.997. The van der Waals surface area contributed by atoms with Crippen LogP contribution in [0.4, 0.5) is 5.69 Å². The standard InChI is InChI=1S/C9H8BrNO2/c1-6-3-7(10)8(11-5-12)4-9(6)13-2/h3-4H,1-2H3. The summed E-state index contributed by atoms with van der Waals surface area (Å²) in [5.41, 5.74) is 1.51. The lowest BCUT2D eigenvalue weighted by Crippen LogP contribution is -1.86. The van der Waals surface area contributed by atoms with Gasteiger partial charge in [0.2, 0.25) is 6.08 Å². The number of halogens is 1. The number of benzene rings is 1. The Kier molecular flexibility index (Phi) is 3.23. The molecule has 0 radical (unpaired) electrons. The summed E-state index contributed by atoms with van der Waals surface area (Å²) < 4.78 is 5.83. The van der Waals surface area contributed by atoms with Crippen molar-refractivity contribution in [3.63, 3.8) is 0 Å². The van der Waals surface area contributed by atoms with Gasteiger partial charge in [0.05, 0.1) is 12.8 Å². The van der Waals surface area contributed by atoms with Crippen LogP contribution in [-0.4, -0.2) is 13.2 Å². The van der Waals surface area contributed by atoms with Gasteiger partial charge in [-0.15, -0.1) is 0 Å². The van der Waals surface area contributed by atoms with Crippen LogP contribution < -0.4 is 4.74 Å². The van der Waals surface area contributed by atoms with E-state index in [1.807, 2.05) is 13.0 Å². The Morgan fingerprint density at radius 1 is 1.54 bits per heavy atom. The van der Waals surface area contributed by atoms with Gasteiger partial charge in [0.1, 0.15) is 5.75 Å². The minimum atomic E-state index is 0.525. The number of nitrogens with zero attached hydrogens (tertiary/aromatic N) is 1. The Morgan fingerprint density at radius 3 is 2.77 bits per heavy atom. The van der Waals surface area contributed by atoms with E-state index >= 15 is 0 Å². The van der Waals surface area contributed by atoms with Gasteiger partial charge in [-0.1, -0.05) is 0 Å². The van der Waals surface area contributed by atoms with Crippen molar-refractivity contribution in [1.29, 1.82) is 0 Å². The molecular weight excluding hydrogens is 234 g/mol. The number of isocyanates is 1. The maximum Gasteiger partial charge on any atom is 0.240 e. The molecule has 0 aliphatic rings. The summed E-state index contributed by atoms with van der Waals surface area (Å²) in [6, 6.07) is 3.53. The molecule has 0 saturated carbocycles. The molecule has 0 amide bonds. The molecule has 1 rings (SSSR count). The predicted molar refractivity (Wildman–Crippen MR) is 53.2 cm³/mol. The first kappa shape index (κ1) is 9.96. The van der Waals surface area contributed by atoms with Crippen LogP contribution in [0.3, 0.4) is 0 Å². The van der Waals surface area contributed by atoms with Crippen molar-refractivity contribution in [3.8, 4) is 5.75 Å². The highest BCUT2D eigenvalue weighted by Crippen LogP contribution is 2.32. The third-order valence-electron chi connectivity index (χ3n) is 1.63. The molecule has 13 heavy (non-hydrogen) atoms. The molecule has 0 spiro atoms. The maximum atomic E-state index is 10.1. The predicted octanol–water partition coefficient (Wildman–Crippen LogP) is 2.73. The van der Waals surface area contributed by atoms with Crippen LogP contribution in [0.2, 0.25) is 0 Å². The summed E-state index contributed by atoms with van der Waals surface area (Å²) in [5, 5.41) is 0. The minimum Gasteiger partial charge on any atom is -0.496 e. The van der Waals surface area contributed by atoms with Gasteiger partial charge in [-0.05, 0) is 34.5 Å². The fraction of sp³-hybridized carbons (Fsp3) is 0.222. The average Bonchev–Trinajstić information content (AvgIpc) is 2.10. The van der Waals surface area contributed by atoms with Crippen LogP contribution in [0.25, 0.3) is 0 Å². The molecule has 1 aromatic rings. The van der Waals surface area contributed by atoms with Crippen molar-refractivity contribution in [2.75, 3.05) is 7.11 Å². The zero-order chi connectivity index (χ0) is 9.84. The van der Waals surface area contributed by atoms with Crippen molar-refractivity contribution in [2.24, 2.45) is 4.99 Å². The number of hydrogen-bond donors (Lipinski definition) is 0. The van der Waals surface area contributed by atoms with Crippen molar-refractivity contribution in [1.82, 2.24) is 0 Å². The molecule has 0 fully saturated rings. The number of hydrogen-bond acceptors (Lipinski definition) is 3. The van der Waals surface area contributed by atoms with Gasteiger partial charge in [0, 0.05) is 10.5 Å². The first-order valence-corrected chi connectivity index (χ1v) is 4.40. The smallest absolute Gasteiger partial charge is 0.240 e. The molecule has 0 aromatic heterocycles. The summed E-state index contributed by atoms with van der Waals surface area (Å²) in [5.74, 6) is 0.706. The highest BCUT2D eigenvalue weighted by Gasteiger charge is 2.04. The van der Waals surface area contributed by atoms with Crippen LogP contribution in [0.1, 0.15) is 5.56 Å². The summed E-state index contributed by atoms with van der Waals surface area (Å²) >= 11 is 3.28. The van der Waals surface area contributed by atoms with Crippen molar-refractivity contribution < 1.29 is 9.53 Å². The molecule has 0 aliphatic heterocycles. The fourth-order valence-corrected chi connectivity index (χ4v) is 1.54. The van der Waals surface area contributed by atoms with Crippen molar-refractivity contribution in [2.45, 2.75) is 6.92 Å². The van der Waals surface area contributed by atoms with E-state index in [1.54, 1.807) is 13.2 Å². The van der Waals surface area contributed by atoms with E-state index in [4.69, 9.17) is 4.74 Å². The summed E-state index contributed by atoms with van der Waals surface area (Å²) in [7, 11) is 1.57. The van der Waals surface area contributed by atoms with Crippen LogP contribution in [0.15, 0.2) is 21.6 Å². The Labute approximate surface area is 84.6 Å². The SMILES string of the molecule is COc1cc(N=C=O)c(Br)cc1C. The molecule has 0 heterocycles. The average molecular weight is 242 g/mol. The number of methoxy groups -OCH3 is 1. The van der Waals surface area contributed by atoms with E-state index in [0.29, 0.717) is 11.4 Å². The number of aliphatic imine (C=N–C) groups is 1. The Bertz CT molecular complexity index is 370. The third kappa shape index (κ3) is 2.17. The summed E-state index contributed by atoms with van der Waals surface area (Å²) in [6.07, 6.45) is 1.49. The molecule has 0 atom stereocenters. The van der Waals surface area contributed by atoms with E-state index in [-0.39, 0.29) is 0 Å². The van der Waals surface area contributed by atoms with Gasteiger partial charge in [-0.3, -0.25) is 0 Å². The number of ether oxygens (including phenoxy) is 1. The van der Waals surface area contributed by atoms with E-state index in [2.05, 4.69) is 20.9 Å². The quantitative estimate of drug-likeness (QED) is 0.590. The van der Waals surface area contributed by atoms with E-state index < -0.39 is 0 Å².